The molecule has 0 saturated carbocycles. The summed E-state index contributed by atoms with van der Waals surface area (Å²) in [5, 5.41) is 0. The normalized spacial score (nSPS) is 12.5. The minimum Gasteiger partial charge on any atom is -0.322 e. The van der Waals surface area contributed by atoms with Crippen LogP contribution in [0.5, 0.6) is 0 Å². The summed E-state index contributed by atoms with van der Waals surface area (Å²) in [6, 6.07) is 4.30. The SMILES string of the molecule is Cc1cc(C)c(CC(N)c2cnc(C)cn2)c(C)c1. The van der Waals surface area contributed by atoms with Crippen LogP contribution in [-0.2, 0) is 6.42 Å². The predicted molar refractivity (Wildman–Crippen MR) is 78.1 cm³/mol. The molecule has 2 N–H and O–H groups in total. The lowest BCUT2D eigenvalue weighted by Gasteiger charge is -2.16. The fraction of sp³-hybridized carbons (Fsp3) is 0.375. The van der Waals surface area contributed by atoms with Crippen molar-refractivity contribution in [3.8, 4) is 0 Å². The van der Waals surface area contributed by atoms with Gasteiger partial charge in [-0.3, -0.25) is 9.97 Å². The van der Waals surface area contributed by atoms with Gasteiger partial charge in [-0.05, 0) is 50.8 Å². The highest BCUT2D eigenvalue weighted by atomic mass is 14.8. The smallest absolute Gasteiger partial charge is 0.0757 e. The number of hydrogen-bond donors (Lipinski definition) is 1. The number of rotatable bonds is 3. The molecule has 0 aliphatic heterocycles. The molecule has 100 valence electrons. The van der Waals surface area contributed by atoms with Gasteiger partial charge in [-0.1, -0.05) is 17.7 Å². The molecule has 0 aliphatic rings. The largest absolute Gasteiger partial charge is 0.322 e. The van der Waals surface area contributed by atoms with E-state index < -0.39 is 0 Å². The summed E-state index contributed by atoms with van der Waals surface area (Å²) in [5.74, 6) is 0. The molecule has 1 atom stereocenters. The minimum atomic E-state index is -0.104. The minimum absolute atomic E-state index is 0.104. The zero-order valence-corrected chi connectivity index (χ0v) is 12.1. The predicted octanol–water partition coefficient (Wildman–Crippen LogP) is 2.95. The van der Waals surface area contributed by atoms with Crippen molar-refractivity contribution in [2.45, 2.75) is 40.2 Å². The number of hydrogen-bond acceptors (Lipinski definition) is 3. The van der Waals surface area contributed by atoms with Gasteiger partial charge in [0.05, 0.1) is 23.6 Å². The third kappa shape index (κ3) is 3.18. The van der Waals surface area contributed by atoms with Gasteiger partial charge in [0, 0.05) is 6.20 Å². The maximum Gasteiger partial charge on any atom is 0.0757 e. The molecule has 0 bridgehead atoms. The van der Waals surface area contributed by atoms with E-state index in [-0.39, 0.29) is 6.04 Å². The maximum atomic E-state index is 6.25. The summed E-state index contributed by atoms with van der Waals surface area (Å²) in [6.07, 6.45) is 4.35. The Morgan fingerprint density at radius 1 is 1.00 bits per heavy atom. The molecule has 1 aromatic heterocycles. The molecule has 0 saturated heterocycles. The molecule has 0 aliphatic carbocycles. The van der Waals surface area contributed by atoms with Gasteiger partial charge in [0.2, 0.25) is 0 Å². The highest BCUT2D eigenvalue weighted by Gasteiger charge is 2.12. The van der Waals surface area contributed by atoms with Crippen LogP contribution < -0.4 is 5.73 Å². The van der Waals surface area contributed by atoms with Crippen molar-refractivity contribution in [3.63, 3.8) is 0 Å². The number of nitrogens with zero attached hydrogens (tertiary/aromatic N) is 2. The Labute approximate surface area is 114 Å². The average molecular weight is 255 g/mol. The van der Waals surface area contributed by atoms with Crippen molar-refractivity contribution >= 4 is 0 Å². The Morgan fingerprint density at radius 3 is 2.16 bits per heavy atom. The number of nitrogens with two attached hydrogens (primary N) is 1. The Balaban J connectivity index is 2.24. The maximum absolute atomic E-state index is 6.25. The van der Waals surface area contributed by atoms with Crippen LogP contribution in [-0.4, -0.2) is 9.97 Å². The zero-order chi connectivity index (χ0) is 14.0. The lowest BCUT2D eigenvalue weighted by Crippen LogP contribution is -2.16. The molecule has 0 amide bonds. The van der Waals surface area contributed by atoms with E-state index in [2.05, 4.69) is 42.9 Å². The topological polar surface area (TPSA) is 51.8 Å². The fourth-order valence-electron chi connectivity index (χ4n) is 2.45. The van der Waals surface area contributed by atoms with Gasteiger partial charge in [0.1, 0.15) is 0 Å². The second-order valence-electron chi connectivity index (χ2n) is 5.27. The highest BCUT2D eigenvalue weighted by Crippen LogP contribution is 2.21. The molecule has 2 rings (SSSR count). The first-order valence-electron chi connectivity index (χ1n) is 6.58. The Kier molecular flexibility index (Phi) is 3.96. The fourth-order valence-corrected chi connectivity index (χ4v) is 2.45. The standard InChI is InChI=1S/C16H21N3/c1-10-5-11(2)14(12(3)6-10)7-15(17)16-9-18-13(4)8-19-16/h5-6,8-9,15H,7,17H2,1-4H3. The van der Waals surface area contributed by atoms with E-state index in [1.54, 1.807) is 12.4 Å². The first-order valence-corrected chi connectivity index (χ1v) is 6.58. The van der Waals surface area contributed by atoms with E-state index in [1.165, 1.54) is 22.3 Å². The highest BCUT2D eigenvalue weighted by molar-refractivity contribution is 5.38. The Bertz CT molecular complexity index is 550. The summed E-state index contributed by atoms with van der Waals surface area (Å²) in [7, 11) is 0. The molecule has 0 spiro atoms. The third-order valence-corrected chi connectivity index (χ3v) is 3.45. The molecule has 1 aromatic carbocycles. The van der Waals surface area contributed by atoms with Crippen LogP contribution in [0.3, 0.4) is 0 Å². The van der Waals surface area contributed by atoms with Crippen molar-refractivity contribution in [3.05, 3.63) is 58.2 Å². The van der Waals surface area contributed by atoms with E-state index >= 15 is 0 Å². The lowest BCUT2D eigenvalue weighted by molar-refractivity contribution is 0.684. The summed E-state index contributed by atoms with van der Waals surface area (Å²) < 4.78 is 0. The van der Waals surface area contributed by atoms with Gasteiger partial charge in [0.15, 0.2) is 0 Å². The Hall–Kier alpha value is -1.74. The molecular weight excluding hydrogens is 234 g/mol. The molecule has 2 aromatic rings. The zero-order valence-electron chi connectivity index (χ0n) is 12.1. The monoisotopic (exact) mass is 255 g/mol. The summed E-state index contributed by atoms with van der Waals surface area (Å²) in [4.78, 5) is 8.62. The average Bonchev–Trinajstić information content (AvgIpc) is 2.34. The Morgan fingerprint density at radius 2 is 1.63 bits per heavy atom. The molecule has 1 unspecified atom stereocenters. The van der Waals surface area contributed by atoms with E-state index in [0.29, 0.717) is 0 Å². The van der Waals surface area contributed by atoms with E-state index in [9.17, 15) is 0 Å². The second-order valence-corrected chi connectivity index (χ2v) is 5.27. The molecule has 1 heterocycles. The molecule has 3 heteroatoms. The molecule has 19 heavy (non-hydrogen) atoms. The van der Waals surface area contributed by atoms with Gasteiger partial charge in [-0.25, -0.2) is 0 Å². The van der Waals surface area contributed by atoms with E-state index in [0.717, 1.165) is 17.8 Å². The van der Waals surface area contributed by atoms with Crippen molar-refractivity contribution in [1.82, 2.24) is 9.97 Å². The third-order valence-electron chi connectivity index (χ3n) is 3.45. The van der Waals surface area contributed by atoms with Crippen molar-refractivity contribution in [1.29, 1.82) is 0 Å². The van der Waals surface area contributed by atoms with Crippen molar-refractivity contribution < 1.29 is 0 Å². The van der Waals surface area contributed by atoms with Crippen LogP contribution in [0.25, 0.3) is 0 Å². The van der Waals surface area contributed by atoms with Gasteiger partial charge >= 0.3 is 0 Å². The molecule has 0 radical (unpaired) electrons. The van der Waals surface area contributed by atoms with Crippen LogP contribution in [0.4, 0.5) is 0 Å². The quantitative estimate of drug-likeness (QED) is 0.917. The summed E-state index contributed by atoms with van der Waals surface area (Å²) >= 11 is 0. The van der Waals surface area contributed by atoms with E-state index in [4.69, 9.17) is 5.73 Å². The molecular formula is C16H21N3. The van der Waals surface area contributed by atoms with Gasteiger partial charge < -0.3 is 5.73 Å². The van der Waals surface area contributed by atoms with Crippen molar-refractivity contribution in [2.75, 3.05) is 0 Å². The van der Waals surface area contributed by atoms with Crippen LogP contribution in [0.15, 0.2) is 24.5 Å². The van der Waals surface area contributed by atoms with Crippen LogP contribution in [0.2, 0.25) is 0 Å². The van der Waals surface area contributed by atoms with Crippen LogP contribution >= 0.6 is 0 Å². The van der Waals surface area contributed by atoms with Gasteiger partial charge in [-0.15, -0.1) is 0 Å². The lowest BCUT2D eigenvalue weighted by atomic mass is 9.94. The number of aromatic nitrogens is 2. The second kappa shape index (κ2) is 5.49. The molecule has 0 fully saturated rings. The molecule has 3 nitrogen and oxygen atoms in total. The summed E-state index contributed by atoms with van der Waals surface area (Å²) in [6.45, 7) is 8.33. The van der Waals surface area contributed by atoms with Gasteiger partial charge in [0.25, 0.3) is 0 Å². The van der Waals surface area contributed by atoms with Crippen molar-refractivity contribution in [2.24, 2.45) is 5.73 Å². The summed E-state index contributed by atoms with van der Waals surface area (Å²) in [5.41, 5.74) is 13.2. The van der Waals surface area contributed by atoms with E-state index in [1.807, 2.05) is 6.92 Å². The van der Waals surface area contributed by atoms with Crippen LogP contribution in [0.1, 0.15) is 39.7 Å². The number of benzene rings is 1. The number of aryl methyl sites for hydroxylation is 4. The van der Waals surface area contributed by atoms with Gasteiger partial charge in [-0.2, -0.15) is 0 Å². The first-order chi connectivity index (χ1) is 8.97. The first kappa shape index (κ1) is 13.7. The van der Waals surface area contributed by atoms with Crippen LogP contribution in [0, 0.1) is 27.7 Å².